The van der Waals surface area contributed by atoms with Crippen LogP contribution in [0.3, 0.4) is 0 Å². The number of rotatable bonds is 3. The highest BCUT2D eigenvalue weighted by Gasteiger charge is 2.09. The maximum Gasteiger partial charge on any atom is 0.345 e. The van der Waals surface area contributed by atoms with Crippen molar-refractivity contribution in [3.8, 4) is 0 Å². The summed E-state index contributed by atoms with van der Waals surface area (Å²) in [6.45, 7) is 0. The summed E-state index contributed by atoms with van der Waals surface area (Å²) in [6, 6.07) is 2.62. The predicted octanol–water partition coefficient (Wildman–Crippen LogP) is 0.0617. The molecule has 0 aliphatic rings. The molecule has 0 unspecified atom stereocenters. The summed E-state index contributed by atoms with van der Waals surface area (Å²) in [6.07, 6.45) is 0. The average molecular weight is 222 g/mol. The van der Waals surface area contributed by atoms with Gasteiger partial charge in [0.1, 0.15) is 9.88 Å². The van der Waals surface area contributed by atoms with Gasteiger partial charge in [0.05, 0.1) is 0 Å². The Morgan fingerprint density at radius 3 is 2.54 bits per heavy atom. The van der Waals surface area contributed by atoms with Crippen molar-refractivity contribution < 1.29 is 18.3 Å². The maximum atomic E-state index is 10.5. The summed E-state index contributed by atoms with van der Waals surface area (Å²) in [5.74, 6) is -1.10. The Kier molecular flexibility index (Phi) is 2.55. The molecule has 1 heterocycles. The Morgan fingerprint density at radius 1 is 1.54 bits per heavy atom. The van der Waals surface area contributed by atoms with Crippen LogP contribution in [0.4, 0.5) is 5.00 Å². The first-order chi connectivity index (χ1) is 5.88. The second-order valence-electron chi connectivity index (χ2n) is 2.12. The molecular weight excluding hydrogens is 216 g/mol. The summed E-state index contributed by atoms with van der Waals surface area (Å²) in [5, 5.41) is 13.4. The summed E-state index contributed by atoms with van der Waals surface area (Å²) < 4.78 is 23.0. The van der Waals surface area contributed by atoms with Crippen LogP contribution >= 0.6 is 11.3 Å². The number of hydrogen-bond acceptors (Lipinski definition) is 4. The Bertz CT molecular complexity index is 421. The average Bonchev–Trinajstić information content (AvgIpc) is 2.31. The maximum absolute atomic E-state index is 10.5. The van der Waals surface area contributed by atoms with Crippen LogP contribution in [0, 0.1) is 0 Å². The van der Waals surface area contributed by atoms with Crippen LogP contribution in [-0.4, -0.2) is 19.5 Å². The number of nitrogens with one attached hydrogen (secondary N) is 1. The van der Waals surface area contributed by atoms with Crippen LogP contribution in [0.5, 0.6) is 0 Å². The van der Waals surface area contributed by atoms with Gasteiger partial charge in [-0.1, -0.05) is 0 Å². The minimum Gasteiger partial charge on any atom is -0.477 e. The fourth-order valence-corrected chi connectivity index (χ4v) is 2.11. The Labute approximate surface area is 78.2 Å². The number of carboxylic acids is 1. The molecule has 0 atom stereocenters. The van der Waals surface area contributed by atoms with Gasteiger partial charge < -0.3 is 5.11 Å². The van der Waals surface area contributed by atoms with E-state index < -0.39 is 16.2 Å². The number of anilines is 1. The van der Waals surface area contributed by atoms with Crippen molar-refractivity contribution >= 4 is 32.5 Å². The molecule has 0 spiro atoms. The van der Waals surface area contributed by atoms with E-state index in [0.29, 0.717) is 0 Å². The lowest BCUT2D eigenvalue weighted by atomic mass is 10.5. The highest BCUT2D eigenvalue weighted by Crippen LogP contribution is 2.21. The largest absolute Gasteiger partial charge is 0.477 e. The van der Waals surface area contributed by atoms with E-state index in [1.807, 2.05) is 4.72 Å². The number of nitrogens with two attached hydrogens (primary N) is 1. The lowest BCUT2D eigenvalue weighted by molar-refractivity contribution is 0.0702. The van der Waals surface area contributed by atoms with E-state index in [0.717, 1.165) is 11.3 Å². The molecule has 1 aromatic rings. The molecule has 0 saturated carbocycles. The van der Waals surface area contributed by atoms with Crippen molar-refractivity contribution in [2.75, 3.05) is 4.72 Å². The zero-order chi connectivity index (χ0) is 10.1. The van der Waals surface area contributed by atoms with Gasteiger partial charge in [0.25, 0.3) is 10.2 Å². The van der Waals surface area contributed by atoms with Crippen LogP contribution < -0.4 is 9.86 Å². The van der Waals surface area contributed by atoms with Crippen molar-refractivity contribution in [3.63, 3.8) is 0 Å². The first-order valence-electron chi connectivity index (χ1n) is 3.02. The smallest absolute Gasteiger partial charge is 0.345 e. The monoisotopic (exact) mass is 222 g/mol. The van der Waals surface area contributed by atoms with Crippen LogP contribution in [0.15, 0.2) is 12.1 Å². The van der Waals surface area contributed by atoms with Crippen molar-refractivity contribution in [1.82, 2.24) is 0 Å². The van der Waals surface area contributed by atoms with Gasteiger partial charge in [-0.15, -0.1) is 11.3 Å². The second-order valence-corrected chi connectivity index (χ2v) is 4.49. The molecule has 0 aromatic carbocycles. The molecule has 0 radical (unpaired) electrons. The first kappa shape index (κ1) is 9.96. The highest BCUT2D eigenvalue weighted by molar-refractivity contribution is 7.90. The number of thiophene rings is 1. The molecule has 72 valence electrons. The summed E-state index contributed by atoms with van der Waals surface area (Å²) in [4.78, 5) is 10.4. The van der Waals surface area contributed by atoms with E-state index in [4.69, 9.17) is 5.11 Å². The summed E-state index contributed by atoms with van der Waals surface area (Å²) >= 11 is 0.798. The summed E-state index contributed by atoms with van der Waals surface area (Å²) in [5.41, 5.74) is 0. The zero-order valence-electron chi connectivity index (χ0n) is 6.22. The van der Waals surface area contributed by atoms with Crippen molar-refractivity contribution in [2.45, 2.75) is 0 Å². The third-order valence-corrected chi connectivity index (χ3v) is 2.68. The molecule has 0 fully saturated rings. The lowest BCUT2D eigenvalue weighted by Gasteiger charge is -1.96. The van der Waals surface area contributed by atoms with E-state index >= 15 is 0 Å². The van der Waals surface area contributed by atoms with Crippen molar-refractivity contribution in [2.24, 2.45) is 5.14 Å². The fraction of sp³-hybridized carbons (Fsp3) is 0. The van der Waals surface area contributed by atoms with Gasteiger partial charge in [-0.3, -0.25) is 4.72 Å². The minimum absolute atomic E-state index is 0.0474. The molecule has 0 saturated heterocycles. The van der Waals surface area contributed by atoms with Gasteiger partial charge in [0.2, 0.25) is 0 Å². The van der Waals surface area contributed by atoms with Crippen molar-refractivity contribution in [3.05, 3.63) is 17.0 Å². The molecule has 1 rings (SSSR count). The molecule has 0 amide bonds. The summed E-state index contributed by atoms with van der Waals surface area (Å²) in [7, 11) is -3.82. The third kappa shape index (κ3) is 3.01. The normalized spacial score (nSPS) is 11.2. The molecule has 0 aliphatic heterocycles. The second kappa shape index (κ2) is 3.32. The van der Waals surface area contributed by atoms with Gasteiger partial charge in [-0.05, 0) is 12.1 Å². The minimum atomic E-state index is -3.82. The first-order valence-corrected chi connectivity index (χ1v) is 5.38. The zero-order valence-corrected chi connectivity index (χ0v) is 7.85. The number of hydrogen-bond donors (Lipinski definition) is 3. The van der Waals surface area contributed by atoms with E-state index in [-0.39, 0.29) is 9.88 Å². The van der Waals surface area contributed by atoms with E-state index in [1.165, 1.54) is 12.1 Å². The Hall–Kier alpha value is -1.12. The Balaban J connectivity index is 2.87. The lowest BCUT2D eigenvalue weighted by Crippen LogP contribution is -2.20. The van der Waals surface area contributed by atoms with Gasteiger partial charge in [-0.25, -0.2) is 9.93 Å². The van der Waals surface area contributed by atoms with Crippen LogP contribution in [0.2, 0.25) is 0 Å². The molecule has 4 N–H and O–H groups in total. The number of carboxylic acid groups (broad SMARTS) is 1. The van der Waals surface area contributed by atoms with Crippen LogP contribution in [0.25, 0.3) is 0 Å². The molecule has 1 aromatic heterocycles. The van der Waals surface area contributed by atoms with Crippen molar-refractivity contribution in [1.29, 1.82) is 0 Å². The van der Waals surface area contributed by atoms with Gasteiger partial charge in [0, 0.05) is 0 Å². The molecular formula is C5H6N2O4S2. The van der Waals surface area contributed by atoms with Gasteiger partial charge in [-0.2, -0.15) is 8.42 Å². The van der Waals surface area contributed by atoms with E-state index in [2.05, 4.69) is 5.14 Å². The van der Waals surface area contributed by atoms with Gasteiger partial charge in [0.15, 0.2) is 0 Å². The Morgan fingerprint density at radius 2 is 2.15 bits per heavy atom. The molecule has 0 bridgehead atoms. The molecule has 8 heteroatoms. The fourth-order valence-electron chi connectivity index (χ4n) is 0.648. The number of carbonyl (C=O) groups is 1. The van der Waals surface area contributed by atoms with Crippen LogP contribution in [0.1, 0.15) is 9.67 Å². The van der Waals surface area contributed by atoms with Gasteiger partial charge >= 0.3 is 5.97 Å². The quantitative estimate of drug-likeness (QED) is 0.671. The SMILES string of the molecule is NS(=O)(=O)Nc1ccc(C(=O)O)s1. The predicted molar refractivity (Wildman–Crippen MR) is 48.0 cm³/mol. The number of aromatic carboxylic acids is 1. The van der Waals surface area contributed by atoms with E-state index in [1.54, 1.807) is 0 Å². The molecule has 6 nitrogen and oxygen atoms in total. The molecule has 0 aliphatic carbocycles. The standard InChI is InChI=1S/C5H6N2O4S2/c6-13(10,11)7-4-2-1-3(12-4)5(8)9/h1-2,7H,(H,8,9)(H2,6,10,11). The third-order valence-electron chi connectivity index (χ3n) is 1.06. The highest BCUT2D eigenvalue weighted by atomic mass is 32.2. The van der Waals surface area contributed by atoms with E-state index in [9.17, 15) is 13.2 Å². The van der Waals surface area contributed by atoms with Crippen LogP contribution in [-0.2, 0) is 10.2 Å². The topological polar surface area (TPSA) is 109 Å². The molecule has 13 heavy (non-hydrogen) atoms.